The number of rotatable bonds is 6. The molecule has 19 heavy (non-hydrogen) atoms. The van der Waals surface area contributed by atoms with Gasteiger partial charge in [-0.1, -0.05) is 18.7 Å². The van der Waals surface area contributed by atoms with Crippen molar-refractivity contribution in [2.24, 2.45) is 0 Å². The van der Waals surface area contributed by atoms with Crippen LogP contribution < -0.4 is 5.32 Å². The van der Waals surface area contributed by atoms with Gasteiger partial charge >= 0.3 is 0 Å². The summed E-state index contributed by atoms with van der Waals surface area (Å²) in [7, 11) is 0. The Morgan fingerprint density at radius 2 is 1.95 bits per heavy atom. The number of hydrogen-bond donors (Lipinski definition) is 1. The van der Waals surface area contributed by atoms with E-state index in [0.717, 1.165) is 41.0 Å². The van der Waals surface area contributed by atoms with Gasteiger partial charge in [0.25, 0.3) is 0 Å². The lowest BCUT2D eigenvalue weighted by molar-refractivity contribution is 0.810. The topological polar surface area (TPSA) is 50.7 Å². The van der Waals surface area contributed by atoms with Crippen LogP contribution in [0.2, 0.25) is 0 Å². The number of pyridine rings is 1. The van der Waals surface area contributed by atoms with E-state index in [2.05, 4.69) is 34.1 Å². The second-order valence-corrected chi connectivity index (χ2v) is 5.17. The third-order valence-corrected chi connectivity index (χ3v) is 3.38. The standard InChI is InChI=1S/C14H18N4S/c1-3-5-12-17-13(16-4-2)10-14(18-12)19-11-6-8-15-9-7-11/h6-10H,3-5H2,1-2H3,(H,16,17,18). The maximum atomic E-state index is 4.59. The maximum Gasteiger partial charge on any atom is 0.132 e. The highest BCUT2D eigenvalue weighted by molar-refractivity contribution is 7.99. The molecule has 0 amide bonds. The molecule has 0 atom stereocenters. The fourth-order valence-corrected chi connectivity index (χ4v) is 2.48. The summed E-state index contributed by atoms with van der Waals surface area (Å²) in [6.45, 7) is 5.07. The molecule has 0 spiro atoms. The predicted octanol–water partition coefficient (Wildman–Crippen LogP) is 3.41. The van der Waals surface area contributed by atoms with Gasteiger partial charge in [-0.05, 0) is 25.5 Å². The number of anilines is 1. The molecule has 0 saturated heterocycles. The first-order valence-electron chi connectivity index (χ1n) is 6.51. The van der Waals surface area contributed by atoms with Gasteiger partial charge in [0.2, 0.25) is 0 Å². The molecule has 0 radical (unpaired) electrons. The van der Waals surface area contributed by atoms with Gasteiger partial charge < -0.3 is 5.32 Å². The van der Waals surface area contributed by atoms with Gasteiger partial charge in [0.05, 0.1) is 0 Å². The quantitative estimate of drug-likeness (QED) is 0.818. The summed E-state index contributed by atoms with van der Waals surface area (Å²) in [6, 6.07) is 5.96. The monoisotopic (exact) mass is 274 g/mol. The average Bonchev–Trinajstić information content (AvgIpc) is 2.40. The van der Waals surface area contributed by atoms with E-state index < -0.39 is 0 Å². The SMILES string of the molecule is CCCc1nc(NCC)cc(Sc2ccncc2)n1. The van der Waals surface area contributed by atoms with E-state index in [1.54, 1.807) is 24.2 Å². The zero-order valence-electron chi connectivity index (χ0n) is 11.3. The van der Waals surface area contributed by atoms with Crippen molar-refractivity contribution < 1.29 is 0 Å². The minimum Gasteiger partial charge on any atom is -0.370 e. The van der Waals surface area contributed by atoms with Crippen molar-refractivity contribution in [3.8, 4) is 0 Å². The first kappa shape index (κ1) is 13.8. The van der Waals surface area contributed by atoms with E-state index in [9.17, 15) is 0 Å². The number of aryl methyl sites for hydroxylation is 1. The van der Waals surface area contributed by atoms with E-state index in [1.807, 2.05) is 18.2 Å². The Balaban J connectivity index is 2.23. The van der Waals surface area contributed by atoms with Crippen molar-refractivity contribution in [1.29, 1.82) is 0 Å². The molecule has 1 N–H and O–H groups in total. The van der Waals surface area contributed by atoms with Crippen LogP contribution in [0.25, 0.3) is 0 Å². The molecule has 0 unspecified atom stereocenters. The molecule has 0 bridgehead atoms. The van der Waals surface area contributed by atoms with Crippen molar-refractivity contribution in [1.82, 2.24) is 15.0 Å². The molecule has 5 heteroatoms. The van der Waals surface area contributed by atoms with Crippen LogP contribution in [0.5, 0.6) is 0 Å². The average molecular weight is 274 g/mol. The normalized spacial score (nSPS) is 10.4. The van der Waals surface area contributed by atoms with Gasteiger partial charge in [-0.3, -0.25) is 4.98 Å². The molecule has 0 aliphatic heterocycles. The number of nitrogens with zero attached hydrogens (tertiary/aromatic N) is 3. The lowest BCUT2D eigenvalue weighted by Gasteiger charge is -2.08. The van der Waals surface area contributed by atoms with Crippen LogP contribution in [0.4, 0.5) is 5.82 Å². The molecule has 2 rings (SSSR count). The van der Waals surface area contributed by atoms with Gasteiger partial charge in [-0.25, -0.2) is 9.97 Å². The molecule has 0 aromatic carbocycles. The highest BCUT2D eigenvalue weighted by atomic mass is 32.2. The first-order chi connectivity index (χ1) is 9.31. The second kappa shape index (κ2) is 7.09. The highest BCUT2D eigenvalue weighted by Gasteiger charge is 2.05. The summed E-state index contributed by atoms with van der Waals surface area (Å²) in [5.74, 6) is 1.80. The van der Waals surface area contributed by atoms with Gasteiger partial charge in [0, 0.05) is 36.3 Å². The van der Waals surface area contributed by atoms with Crippen LogP contribution in [0, 0.1) is 0 Å². The minimum absolute atomic E-state index is 0.863. The molecule has 2 aromatic heterocycles. The number of hydrogen-bond acceptors (Lipinski definition) is 5. The molecule has 4 nitrogen and oxygen atoms in total. The maximum absolute atomic E-state index is 4.59. The summed E-state index contributed by atoms with van der Waals surface area (Å²) in [6.07, 6.45) is 5.54. The van der Waals surface area contributed by atoms with Crippen molar-refractivity contribution in [2.45, 2.75) is 36.6 Å². The van der Waals surface area contributed by atoms with Gasteiger partial charge in [-0.15, -0.1) is 0 Å². The minimum atomic E-state index is 0.863. The van der Waals surface area contributed by atoms with Gasteiger partial charge in [0.15, 0.2) is 0 Å². The Morgan fingerprint density at radius 3 is 2.63 bits per heavy atom. The van der Waals surface area contributed by atoms with Gasteiger partial charge in [-0.2, -0.15) is 0 Å². The van der Waals surface area contributed by atoms with Crippen molar-refractivity contribution in [3.05, 3.63) is 36.4 Å². The van der Waals surface area contributed by atoms with Crippen LogP contribution in [-0.2, 0) is 6.42 Å². The zero-order valence-corrected chi connectivity index (χ0v) is 12.1. The molecule has 2 aromatic rings. The highest BCUT2D eigenvalue weighted by Crippen LogP contribution is 2.26. The Morgan fingerprint density at radius 1 is 1.16 bits per heavy atom. The van der Waals surface area contributed by atoms with Crippen molar-refractivity contribution in [2.75, 3.05) is 11.9 Å². The summed E-state index contributed by atoms with van der Waals surface area (Å²) in [4.78, 5) is 14.3. The van der Waals surface area contributed by atoms with E-state index in [0.29, 0.717) is 0 Å². The third-order valence-electron chi connectivity index (χ3n) is 2.45. The number of nitrogens with one attached hydrogen (secondary N) is 1. The largest absolute Gasteiger partial charge is 0.370 e. The Labute approximate surface area is 118 Å². The summed E-state index contributed by atoms with van der Waals surface area (Å²) < 4.78 is 0. The lowest BCUT2D eigenvalue weighted by atomic mass is 10.3. The summed E-state index contributed by atoms with van der Waals surface area (Å²) in [5.41, 5.74) is 0. The zero-order chi connectivity index (χ0) is 13.5. The van der Waals surface area contributed by atoms with Crippen LogP contribution in [-0.4, -0.2) is 21.5 Å². The molecule has 0 aliphatic carbocycles. The molecule has 100 valence electrons. The molecule has 2 heterocycles. The fraction of sp³-hybridized carbons (Fsp3) is 0.357. The lowest BCUT2D eigenvalue weighted by Crippen LogP contribution is -2.04. The molecule has 0 aliphatic rings. The summed E-state index contributed by atoms with van der Waals surface area (Å²) in [5, 5.41) is 4.23. The van der Waals surface area contributed by atoms with Crippen LogP contribution in [0.3, 0.4) is 0 Å². The van der Waals surface area contributed by atoms with Gasteiger partial charge in [0.1, 0.15) is 16.7 Å². The Hall–Kier alpha value is -1.62. The van der Waals surface area contributed by atoms with E-state index in [-0.39, 0.29) is 0 Å². The van der Waals surface area contributed by atoms with Crippen LogP contribution in [0.1, 0.15) is 26.1 Å². The Kier molecular flexibility index (Phi) is 5.15. The second-order valence-electron chi connectivity index (χ2n) is 4.07. The van der Waals surface area contributed by atoms with Crippen LogP contribution >= 0.6 is 11.8 Å². The molecule has 0 saturated carbocycles. The van der Waals surface area contributed by atoms with Crippen molar-refractivity contribution in [3.63, 3.8) is 0 Å². The van der Waals surface area contributed by atoms with E-state index in [1.165, 1.54) is 0 Å². The molecular formula is C14H18N4S. The first-order valence-corrected chi connectivity index (χ1v) is 7.33. The summed E-state index contributed by atoms with van der Waals surface area (Å²) >= 11 is 1.64. The fourth-order valence-electron chi connectivity index (χ4n) is 1.66. The van der Waals surface area contributed by atoms with Crippen LogP contribution in [0.15, 0.2) is 40.5 Å². The van der Waals surface area contributed by atoms with Crippen molar-refractivity contribution >= 4 is 17.6 Å². The third kappa shape index (κ3) is 4.21. The Bertz CT molecular complexity index is 492. The smallest absolute Gasteiger partial charge is 0.132 e. The number of aromatic nitrogens is 3. The predicted molar refractivity (Wildman–Crippen MR) is 78.6 cm³/mol. The molecule has 0 fully saturated rings. The molecular weight excluding hydrogens is 256 g/mol. The van der Waals surface area contributed by atoms with E-state index >= 15 is 0 Å². The van der Waals surface area contributed by atoms with E-state index in [4.69, 9.17) is 0 Å².